The van der Waals surface area contributed by atoms with Crippen molar-refractivity contribution in [1.29, 1.82) is 0 Å². The number of carbonyl (C=O) groups is 4. The van der Waals surface area contributed by atoms with Crippen molar-refractivity contribution in [1.82, 2.24) is 15.2 Å². The summed E-state index contributed by atoms with van der Waals surface area (Å²) in [6.45, 7) is 7.15. The second kappa shape index (κ2) is 13.3. The Hall–Kier alpha value is -4.09. The standard InChI is InChI=1S/C25H36N6O6/c1-5-36-22(34)18(10-8-12-28-23(26)27)29-21(33)19(30-24(35)37-25(2,3)4)13-16-14-31(15-32)20-11-7-6-9-17(16)20/h6-7,9,11,14-15,18-19H,5,8,10,12-13H2,1-4H3,(H,29,33)(H,30,35)(H4,26,27,28)/t18-,19?/m0/s1. The molecule has 0 fully saturated rings. The van der Waals surface area contributed by atoms with Crippen molar-refractivity contribution in [2.75, 3.05) is 13.2 Å². The molecule has 0 spiro atoms. The Morgan fingerprint density at radius 1 is 1.14 bits per heavy atom. The van der Waals surface area contributed by atoms with Gasteiger partial charge in [0.05, 0.1) is 12.1 Å². The van der Waals surface area contributed by atoms with Crippen LogP contribution in [0.3, 0.4) is 0 Å². The fourth-order valence-corrected chi connectivity index (χ4v) is 3.67. The number of ether oxygens (including phenoxy) is 2. The van der Waals surface area contributed by atoms with Crippen LogP contribution in [0.5, 0.6) is 0 Å². The quantitative estimate of drug-likeness (QED) is 0.107. The third-order valence-corrected chi connectivity index (χ3v) is 5.20. The van der Waals surface area contributed by atoms with Gasteiger partial charge in [-0.15, -0.1) is 0 Å². The van der Waals surface area contributed by atoms with Crippen molar-refractivity contribution >= 4 is 41.2 Å². The first kappa shape index (κ1) is 29.1. The van der Waals surface area contributed by atoms with Gasteiger partial charge < -0.3 is 31.6 Å². The number of carbonyl (C=O) groups excluding carboxylic acids is 4. The van der Waals surface area contributed by atoms with Gasteiger partial charge >= 0.3 is 12.1 Å². The average molecular weight is 517 g/mol. The molecule has 0 radical (unpaired) electrons. The van der Waals surface area contributed by atoms with E-state index in [-0.39, 0.29) is 32.0 Å². The number of esters is 1. The highest BCUT2D eigenvalue weighted by atomic mass is 16.6. The van der Waals surface area contributed by atoms with Crippen LogP contribution in [0.4, 0.5) is 4.79 Å². The van der Waals surface area contributed by atoms with Gasteiger partial charge in [-0.05, 0) is 52.2 Å². The smallest absolute Gasteiger partial charge is 0.408 e. The Morgan fingerprint density at radius 2 is 1.84 bits per heavy atom. The Labute approximate surface area is 215 Å². The molecule has 6 N–H and O–H groups in total. The van der Waals surface area contributed by atoms with Gasteiger partial charge in [-0.2, -0.15) is 0 Å². The first-order valence-corrected chi connectivity index (χ1v) is 12.0. The summed E-state index contributed by atoms with van der Waals surface area (Å²) in [5.74, 6) is -1.31. The van der Waals surface area contributed by atoms with Crippen LogP contribution in [-0.4, -0.2) is 65.7 Å². The lowest BCUT2D eigenvalue weighted by Gasteiger charge is -2.25. The third-order valence-electron chi connectivity index (χ3n) is 5.20. The highest BCUT2D eigenvalue weighted by Gasteiger charge is 2.30. The van der Waals surface area contributed by atoms with Crippen LogP contribution in [0.15, 0.2) is 35.5 Å². The number of hydrogen-bond donors (Lipinski definition) is 4. The number of aliphatic imine (C=N–C) groups is 1. The number of nitrogens with one attached hydrogen (secondary N) is 2. The summed E-state index contributed by atoms with van der Waals surface area (Å²) in [5, 5.41) is 6.02. The highest BCUT2D eigenvalue weighted by molar-refractivity contribution is 5.92. The molecule has 1 heterocycles. The first-order valence-electron chi connectivity index (χ1n) is 12.0. The van der Waals surface area contributed by atoms with Crippen LogP contribution < -0.4 is 22.1 Å². The number of para-hydroxylation sites is 1. The summed E-state index contributed by atoms with van der Waals surface area (Å²) in [6, 6.07) is 5.10. The van der Waals surface area contributed by atoms with Gasteiger partial charge in [-0.3, -0.25) is 19.1 Å². The molecule has 202 valence electrons. The van der Waals surface area contributed by atoms with Crippen LogP contribution >= 0.6 is 0 Å². The van der Waals surface area contributed by atoms with Gasteiger partial charge in [-0.25, -0.2) is 9.59 Å². The fraction of sp³-hybridized carbons (Fsp3) is 0.480. The molecule has 0 bridgehead atoms. The molecule has 1 unspecified atom stereocenters. The third kappa shape index (κ3) is 9.13. The number of guanidine groups is 1. The molecule has 0 aliphatic carbocycles. The number of alkyl carbamates (subject to hydrolysis) is 1. The van der Waals surface area contributed by atoms with E-state index >= 15 is 0 Å². The van der Waals surface area contributed by atoms with E-state index in [0.717, 1.165) is 5.39 Å². The number of fused-ring (bicyclic) bond motifs is 1. The molecule has 2 rings (SSSR count). The van der Waals surface area contributed by atoms with E-state index in [2.05, 4.69) is 15.6 Å². The van der Waals surface area contributed by atoms with Crippen molar-refractivity contribution in [3.63, 3.8) is 0 Å². The number of nitrogens with zero attached hydrogens (tertiary/aromatic N) is 2. The lowest BCUT2D eigenvalue weighted by Crippen LogP contribution is -2.53. The Kier molecular flexibility index (Phi) is 10.5. The minimum absolute atomic E-state index is 0.0377. The minimum atomic E-state index is -1.12. The molecular formula is C25H36N6O6. The highest BCUT2D eigenvalue weighted by Crippen LogP contribution is 2.22. The topological polar surface area (TPSA) is 180 Å². The van der Waals surface area contributed by atoms with Crippen LogP contribution in [0.1, 0.15) is 46.1 Å². The monoisotopic (exact) mass is 516 g/mol. The maximum Gasteiger partial charge on any atom is 0.408 e. The van der Waals surface area contributed by atoms with E-state index in [1.165, 1.54) is 4.57 Å². The predicted octanol–water partition coefficient (Wildman–Crippen LogP) is 1.22. The van der Waals surface area contributed by atoms with E-state index in [1.54, 1.807) is 46.0 Å². The van der Waals surface area contributed by atoms with E-state index in [0.29, 0.717) is 23.9 Å². The average Bonchev–Trinajstić information content (AvgIpc) is 3.17. The lowest BCUT2D eigenvalue weighted by atomic mass is 10.0. The molecule has 0 aliphatic rings. The van der Waals surface area contributed by atoms with E-state index in [9.17, 15) is 19.2 Å². The SMILES string of the molecule is CCOC(=O)[C@H](CCCN=C(N)N)NC(=O)C(Cc1cn(C=O)c2ccccc12)NC(=O)OC(C)(C)C. The summed E-state index contributed by atoms with van der Waals surface area (Å²) in [5.41, 5.74) is 11.2. The Morgan fingerprint density at radius 3 is 2.46 bits per heavy atom. The van der Waals surface area contributed by atoms with Crippen LogP contribution in [0, 0.1) is 0 Å². The van der Waals surface area contributed by atoms with Crippen molar-refractivity contribution in [3.8, 4) is 0 Å². The Balaban J connectivity index is 2.31. The zero-order chi connectivity index (χ0) is 27.6. The summed E-state index contributed by atoms with van der Waals surface area (Å²) in [7, 11) is 0. The number of benzene rings is 1. The van der Waals surface area contributed by atoms with Gasteiger partial charge in [0, 0.05) is 24.5 Å². The van der Waals surface area contributed by atoms with Gasteiger partial charge in [-0.1, -0.05) is 18.2 Å². The molecule has 2 atom stereocenters. The van der Waals surface area contributed by atoms with Gasteiger partial charge in [0.2, 0.25) is 12.3 Å². The number of aromatic nitrogens is 1. The normalized spacial score (nSPS) is 12.8. The molecule has 0 saturated heterocycles. The molecule has 0 aliphatic heterocycles. The molecule has 37 heavy (non-hydrogen) atoms. The molecule has 12 nitrogen and oxygen atoms in total. The lowest BCUT2D eigenvalue weighted by molar-refractivity contribution is -0.147. The molecule has 2 amide bonds. The second-order valence-electron chi connectivity index (χ2n) is 9.35. The molecule has 1 aromatic heterocycles. The molecule has 2 aromatic rings. The minimum Gasteiger partial charge on any atom is -0.464 e. The van der Waals surface area contributed by atoms with Crippen molar-refractivity contribution < 1.29 is 28.7 Å². The molecule has 0 saturated carbocycles. The van der Waals surface area contributed by atoms with Gasteiger partial charge in [0.25, 0.3) is 0 Å². The van der Waals surface area contributed by atoms with Crippen molar-refractivity contribution in [2.45, 2.75) is 64.6 Å². The zero-order valence-electron chi connectivity index (χ0n) is 21.7. The van der Waals surface area contributed by atoms with E-state index in [4.69, 9.17) is 20.9 Å². The molecule has 12 heteroatoms. The number of amides is 2. The number of nitrogens with two attached hydrogens (primary N) is 2. The zero-order valence-corrected chi connectivity index (χ0v) is 21.7. The fourth-order valence-electron chi connectivity index (χ4n) is 3.67. The summed E-state index contributed by atoms with van der Waals surface area (Å²) < 4.78 is 11.9. The van der Waals surface area contributed by atoms with Gasteiger partial charge in [0.1, 0.15) is 17.7 Å². The van der Waals surface area contributed by atoms with Crippen molar-refractivity contribution in [3.05, 3.63) is 36.0 Å². The molecule has 1 aromatic carbocycles. The summed E-state index contributed by atoms with van der Waals surface area (Å²) in [4.78, 5) is 53.9. The summed E-state index contributed by atoms with van der Waals surface area (Å²) in [6.07, 6.45) is 2.12. The molecular weight excluding hydrogens is 480 g/mol. The number of hydrogen-bond acceptors (Lipinski definition) is 7. The van der Waals surface area contributed by atoms with Crippen LogP contribution in [0.2, 0.25) is 0 Å². The maximum absolute atomic E-state index is 13.4. The second-order valence-corrected chi connectivity index (χ2v) is 9.35. The van der Waals surface area contributed by atoms with E-state index in [1.807, 2.05) is 12.1 Å². The number of rotatable bonds is 12. The van der Waals surface area contributed by atoms with Crippen molar-refractivity contribution in [2.24, 2.45) is 16.5 Å². The predicted molar refractivity (Wildman–Crippen MR) is 139 cm³/mol. The maximum atomic E-state index is 13.4. The van der Waals surface area contributed by atoms with Gasteiger partial charge in [0.15, 0.2) is 5.96 Å². The van der Waals surface area contributed by atoms with E-state index < -0.39 is 35.7 Å². The van der Waals surface area contributed by atoms with Crippen LogP contribution in [-0.2, 0) is 30.3 Å². The van der Waals surface area contributed by atoms with Crippen LogP contribution in [0.25, 0.3) is 10.9 Å². The summed E-state index contributed by atoms with van der Waals surface area (Å²) >= 11 is 0. The Bertz CT molecular complexity index is 1130. The first-order chi connectivity index (χ1) is 17.4. The largest absolute Gasteiger partial charge is 0.464 e.